The van der Waals surface area contributed by atoms with Crippen LogP contribution in [0.25, 0.3) is 0 Å². The molecule has 1 aliphatic carbocycles. The molecule has 1 saturated carbocycles. The molecule has 0 aromatic carbocycles. The first-order valence-electron chi connectivity index (χ1n) is 2.67. The van der Waals surface area contributed by atoms with Crippen LogP contribution >= 0.6 is 0 Å². The summed E-state index contributed by atoms with van der Waals surface area (Å²) in [6.07, 6.45) is 2.54. The van der Waals surface area contributed by atoms with E-state index in [0.717, 1.165) is 19.1 Å². The van der Waals surface area contributed by atoms with E-state index >= 15 is 0 Å². The van der Waals surface area contributed by atoms with Gasteiger partial charge in [-0.25, -0.2) is 0 Å². The summed E-state index contributed by atoms with van der Waals surface area (Å²) in [5, 5.41) is 0. The first-order valence-corrected chi connectivity index (χ1v) is 4.49. The van der Waals surface area contributed by atoms with Gasteiger partial charge in [0.05, 0.1) is 11.9 Å². The van der Waals surface area contributed by atoms with Gasteiger partial charge < -0.3 is 0 Å². The Kier molecular flexibility index (Phi) is 1.33. The SMILES string of the molecule is [CH2]C1(OS(C)(=O)=O)CC1. The monoisotopic (exact) mass is 149 g/mol. The van der Waals surface area contributed by atoms with Crippen LogP contribution < -0.4 is 0 Å². The van der Waals surface area contributed by atoms with Crippen molar-refractivity contribution in [2.24, 2.45) is 0 Å². The summed E-state index contributed by atoms with van der Waals surface area (Å²) in [5.74, 6) is 0. The molecule has 0 bridgehead atoms. The fraction of sp³-hybridized carbons (Fsp3) is 0.800. The number of rotatable bonds is 2. The lowest BCUT2D eigenvalue weighted by molar-refractivity contribution is 0.237. The van der Waals surface area contributed by atoms with E-state index in [2.05, 4.69) is 11.1 Å². The Balaban J connectivity index is 2.53. The average Bonchev–Trinajstić information content (AvgIpc) is 2.12. The van der Waals surface area contributed by atoms with Crippen molar-refractivity contribution >= 4 is 10.1 Å². The fourth-order valence-corrected chi connectivity index (χ4v) is 1.35. The third kappa shape index (κ3) is 2.32. The lowest BCUT2D eigenvalue weighted by atomic mass is 10.4. The van der Waals surface area contributed by atoms with Gasteiger partial charge in [0.25, 0.3) is 10.1 Å². The minimum Gasteiger partial charge on any atom is -0.264 e. The Bertz CT molecular complexity index is 200. The van der Waals surface area contributed by atoms with Gasteiger partial charge in [-0.1, -0.05) is 0 Å². The molecule has 0 N–H and O–H groups in total. The molecule has 4 heteroatoms. The van der Waals surface area contributed by atoms with Gasteiger partial charge in [0.15, 0.2) is 0 Å². The highest BCUT2D eigenvalue weighted by molar-refractivity contribution is 7.86. The van der Waals surface area contributed by atoms with E-state index < -0.39 is 15.7 Å². The van der Waals surface area contributed by atoms with Crippen molar-refractivity contribution in [3.8, 4) is 0 Å². The van der Waals surface area contributed by atoms with Gasteiger partial charge >= 0.3 is 0 Å². The molecular weight excluding hydrogens is 140 g/mol. The summed E-state index contributed by atoms with van der Waals surface area (Å²) in [7, 11) is -3.28. The minimum atomic E-state index is -3.28. The smallest absolute Gasteiger partial charge is 0.264 e. The number of hydrogen-bond acceptors (Lipinski definition) is 3. The quantitative estimate of drug-likeness (QED) is 0.531. The van der Waals surface area contributed by atoms with Gasteiger partial charge in [-0.3, -0.25) is 4.18 Å². The van der Waals surface area contributed by atoms with E-state index in [1.54, 1.807) is 0 Å². The predicted octanol–water partition coefficient (Wildman–Crippen LogP) is 0.329. The van der Waals surface area contributed by atoms with Crippen molar-refractivity contribution in [3.63, 3.8) is 0 Å². The molecule has 53 valence electrons. The highest BCUT2D eigenvalue weighted by atomic mass is 32.2. The molecule has 0 aromatic heterocycles. The standard InChI is InChI=1S/C5H9O3S/c1-5(3-4-5)8-9(2,6)7/h1,3-4H2,2H3. The van der Waals surface area contributed by atoms with Crippen molar-refractivity contribution in [3.05, 3.63) is 6.92 Å². The van der Waals surface area contributed by atoms with E-state index in [-0.39, 0.29) is 0 Å². The van der Waals surface area contributed by atoms with Crippen molar-refractivity contribution in [2.45, 2.75) is 18.4 Å². The molecule has 0 atom stereocenters. The maximum absolute atomic E-state index is 10.4. The zero-order valence-corrected chi connectivity index (χ0v) is 6.07. The summed E-state index contributed by atoms with van der Waals surface area (Å²) in [5.41, 5.74) is -0.604. The average molecular weight is 149 g/mol. The number of hydrogen-bond donors (Lipinski definition) is 0. The van der Waals surface area contributed by atoms with Gasteiger partial charge in [0.1, 0.15) is 0 Å². The van der Waals surface area contributed by atoms with Crippen LogP contribution in [0.2, 0.25) is 0 Å². The van der Waals surface area contributed by atoms with Crippen molar-refractivity contribution in [1.82, 2.24) is 0 Å². The molecule has 0 spiro atoms. The molecule has 1 rings (SSSR count). The first-order chi connectivity index (χ1) is 3.91. The lowest BCUT2D eigenvalue weighted by Crippen LogP contribution is -2.14. The molecule has 1 aliphatic rings. The van der Waals surface area contributed by atoms with E-state index in [0.29, 0.717) is 0 Å². The Morgan fingerprint density at radius 3 is 2.11 bits per heavy atom. The Labute approximate surface area is 55.1 Å². The Hall–Kier alpha value is -0.0900. The highest BCUT2D eigenvalue weighted by Crippen LogP contribution is 2.39. The summed E-state index contributed by atoms with van der Waals surface area (Å²) in [6.45, 7) is 3.57. The first kappa shape index (κ1) is 7.02. The van der Waals surface area contributed by atoms with E-state index in [1.165, 1.54) is 0 Å². The second-order valence-electron chi connectivity index (χ2n) is 2.47. The molecule has 0 aliphatic heterocycles. The van der Waals surface area contributed by atoms with Crippen molar-refractivity contribution in [2.75, 3.05) is 6.26 Å². The second kappa shape index (κ2) is 1.70. The molecule has 0 heterocycles. The fourth-order valence-electron chi connectivity index (χ4n) is 0.544. The normalized spacial score (nSPS) is 23.8. The molecule has 0 saturated heterocycles. The molecule has 1 fully saturated rings. The van der Waals surface area contributed by atoms with Gasteiger partial charge in [-0.05, 0) is 19.8 Å². The van der Waals surface area contributed by atoms with Gasteiger partial charge in [-0.2, -0.15) is 8.42 Å². The van der Waals surface area contributed by atoms with E-state index in [1.807, 2.05) is 0 Å². The topological polar surface area (TPSA) is 43.4 Å². The van der Waals surface area contributed by atoms with E-state index in [4.69, 9.17) is 0 Å². The van der Waals surface area contributed by atoms with Crippen LogP contribution in [0.5, 0.6) is 0 Å². The zero-order valence-electron chi connectivity index (χ0n) is 5.25. The molecule has 1 radical (unpaired) electrons. The van der Waals surface area contributed by atoms with Crippen molar-refractivity contribution < 1.29 is 12.6 Å². The maximum atomic E-state index is 10.4. The van der Waals surface area contributed by atoms with Gasteiger partial charge in [-0.15, -0.1) is 0 Å². The third-order valence-corrected chi connectivity index (χ3v) is 1.79. The van der Waals surface area contributed by atoms with Crippen LogP contribution in [0.15, 0.2) is 0 Å². The van der Waals surface area contributed by atoms with Crippen molar-refractivity contribution in [1.29, 1.82) is 0 Å². The van der Waals surface area contributed by atoms with Gasteiger partial charge in [0, 0.05) is 0 Å². The molecule has 9 heavy (non-hydrogen) atoms. The maximum Gasteiger partial charge on any atom is 0.264 e. The Morgan fingerprint density at radius 1 is 1.56 bits per heavy atom. The summed E-state index contributed by atoms with van der Waals surface area (Å²) < 4.78 is 25.4. The lowest BCUT2D eigenvalue weighted by Gasteiger charge is -2.05. The summed E-state index contributed by atoms with van der Waals surface area (Å²) in [6, 6.07) is 0. The minimum absolute atomic E-state index is 0.604. The molecule has 3 nitrogen and oxygen atoms in total. The molecule has 0 unspecified atom stereocenters. The Morgan fingerprint density at radius 2 is 2.00 bits per heavy atom. The van der Waals surface area contributed by atoms with Crippen LogP contribution in [0.1, 0.15) is 12.8 Å². The molecule has 0 amide bonds. The third-order valence-electron chi connectivity index (χ3n) is 1.14. The highest BCUT2D eigenvalue weighted by Gasteiger charge is 2.42. The summed E-state index contributed by atoms with van der Waals surface area (Å²) in [4.78, 5) is 0. The zero-order chi connectivity index (χ0) is 7.12. The molecular formula is C5H9O3S. The second-order valence-corrected chi connectivity index (χ2v) is 4.05. The van der Waals surface area contributed by atoms with Crippen LogP contribution in [-0.4, -0.2) is 20.3 Å². The van der Waals surface area contributed by atoms with Crippen LogP contribution in [0.3, 0.4) is 0 Å². The van der Waals surface area contributed by atoms with Crippen LogP contribution in [0, 0.1) is 6.92 Å². The summed E-state index contributed by atoms with van der Waals surface area (Å²) >= 11 is 0. The van der Waals surface area contributed by atoms with Gasteiger partial charge in [0.2, 0.25) is 0 Å². The van der Waals surface area contributed by atoms with E-state index in [9.17, 15) is 8.42 Å². The van der Waals surface area contributed by atoms with Crippen LogP contribution in [0.4, 0.5) is 0 Å². The van der Waals surface area contributed by atoms with Crippen LogP contribution in [-0.2, 0) is 14.3 Å². The molecule has 0 aromatic rings. The largest absolute Gasteiger partial charge is 0.264 e. The predicted molar refractivity (Wildman–Crippen MR) is 33.3 cm³/mol.